The van der Waals surface area contributed by atoms with Crippen molar-refractivity contribution in [2.45, 2.75) is 39.2 Å². The van der Waals surface area contributed by atoms with Gasteiger partial charge in [0.25, 0.3) is 0 Å². The van der Waals surface area contributed by atoms with Gasteiger partial charge in [0.05, 0.1) is 6.54 Å². The molecule has 1 saturated heterocycles. The molecule has 0 atom stereocenters. The molecule has 1 N–H and O–H groups in total. The minimum atomic E-state index is 0.173. The highest BCUT2D eigenvalue weighted by atomic mass is 16.2. The van der Waals surface area contributed by atoms with Gasteiger partial charge >= 0.3 is 0 Å². The Balaban J connectivity index is 1.44. The smallest absolute Gasteiger partial charge is 0.234 e. The van der Waals surface area contributed by atoms with Crippen molar-refractivity contribution < 1.29 is 4.79 Å². The van der Waals surface area contributed by atoms with Crippen LogP contribution in [0.15, 0.2) is 12.4 Å². The Morgan fingerprint density at radius 3 is 2.88 bits per heavy atom. The van der Waals surface area contributed by atoms with Gasteiger partial charge in [-0.05, 0) is 39.4 Å². The Kier molecular flexibility index (Phi) is 5.56. The van der Waals surface area contributed by atoms with Gasteiger partial charge in [-0.3, -0.25) is 9.69 Å². The molecule has 24 heavy (non-hydrogen) atoms. The number of hydrogen-bond acceptors (Lipinski definition) is 4. The summed E-state index contributed by atoms with van der Waals surface area (Å²) in [4.78, 5) is 21.3. The molecule has 2 heterocycles. The maximum absolute atomic E-state index is 12.3. The van der Waals surface area contributed by atoms with Crippen molar-refractivity contribution in [3.8, 4) is 0 Å². The van der Waals surface area contributed by atoms with Crippen LogP contribution in [0, 0.1) is 5.41 Å². The number of rotatable bonds is 7. The molecule has 6 nitrogen and oxygen atoms in total. The molecule has 1 aromatic heterocycles. The zero-order chi connectivity index (χ0) is 17.0. The molecule has 3 rings (SSSR count). The molecular formula is C18H31N5O. The molecular weight excluding hydrogens is 302 g/mol. The summed E-state index contributed by atoms with van der Waals surface area (Å²) >= 11 is 0. The van der Waals surface area contributed by atoms with E-state index in [1.807, 2.05) is 6.20 Å². The van der Waals surface area contributed by atoms with E-state index in [0.717, 1.165) is 57.9 Å². The first kappa shape index (κ1) is 17.4. The zero-order valence-corrected chi connectivity index (χ0v) is 15.1. The van der Waals surface area contributed by atoms with Crippen molar-refractivity contribution in [2.24, 2.45) is 5.41 Å². The van der Waals surface area contributed by atoms with Gasteiger partial charge in [0.15, 0.2) is 0 Å². The lowest BCUT2D eigenvalue weighted by molar-refractivity contribution is -0.122. The van der Waals surface area contributed by atoms with E-state index in [0.29, 0.717) is 6.54 Å². The van der Waals surface area contributed by atoms with Gasteiger partial charge < -0.3 is 14.8 Å². The fourth-order valence-electron chi connectivity index (χ4n) is 3.53. The number of likely N-dealkylation sites (N-methyl/N-ethyl adjacent to an activating group) is 1. The SMILES string of the molecule is CCc1nccn1CC1(CNC(=O)CN2CCCN(C)CC2)CC1. The van der Waals surface area contributed by atoms with Crippen LogP contribution in [0.5, 0.6) is 0 Å². The van der Waals surface area contributed by atoms with Crippen molar-refractivity contribution in [1.29, 1.82) is 0 Å². The van der Waals surface area contributed by atoms with E-state index in [2.05, 4.69) is 44.8 Å². The molecule has 6 heteroatoms. The molecule has 1 aliphatic heterocycles. The molecule has 2 fully saturated rings. The zero-order valence-electron chi connectivity index (χ0n) is 15.1. The third kappa shape index (κ3) is 4.57. The van der Waals surface area contributed by atoms with Crippen molar-refractivity contribution in [2.75, 3.05) is 46.3 Å². The Hall–Kier alpha value is -1.40. The highest BCUT2D eigenvalue weighted by molar-refractivity contribution is 5.78. The van der Waals surface area contributed by atoms with E-state index >= 15 is 0 Å². The van der Waals surface area contributed by atoms with Crippen LogP contribution in [-0.4, -0.2) is 71.6 Å². The summed E-state index contributed by atoms with van der Waals surface area (Å²) in [6, 6.07) is 0. The third-order valence-electron chi connectivity index (χ3n) is 5.42. The fourth-order valence-corrected chi connectivity index (χ4v) is 3.53. The van der Waals surface area contributed by atoms with E-state index in [1.54, 1.807) is 0 Å². The van der Waals surface area contributed by atoms with Crippen LogP contribution >= 0.6 is 0 Å². The first-order valence-corrected chi connectivity index (χ1v) is 9.28. The largest absolute Gasteiger partial charge is 0.354 e. The van der Waals surface area contributed by atoms with Gasteiger partial charge in [0, 0.05) is 50.4 Å². The minimum absolute atomic E-state index is 0.173. The van der Waals surface area contributed by atoms with E-state index < -0.39 is 0 Å². The maximum atomic E-state index is 12.3. The van der Waals surface area contributed by atoms with Gasteiger partial charge in [-0.25, -0.2) is 4.98 Å². The summed E-state index contributed by atoms with van der Waals surface area (Å²) in [5.74, 6) is 1.31. The first-order chi connectivity index (χ1) is 11.6. The summed E-state index contributed by atoms with van der Waals surface area (Å²) < 4.78 is 2.25. The molecule has 1 amide bonds. The van der Waals surface area contributed by atoms with Gasteiger partial charge in [0.2, 0.25) is 5.91 Å². The van der Waals surface area contributed by atoms with E-state index in [1.165, 1.54) is 12.8 Å². The molecule has 1 saturated carbocycles. The Bertz CT molecular complexity index is 551. The van der Waals surface area contributed by atoms with E-state index in [-0.39, 0.29) is 11.3 Å². The first-order valence-electron chi connectivity index (χ1n) is 9.28. The summed E-state index contributed by atoms with van der Waals surface area (Å²) in [5.41, 5.74) is 0.249. The summed E-state index contributed by atoms with van der Waals surface area (Å²) in [6.07, 6.45) is 8.44. The van der Waals surface area contributed by atoms with E-state index in [9.17, 15) is 4.79 Å². The molecule has 0 radical (unpaired) electrons. The normalized spacial score (nSPS) is 21.4. The Morgan fingerprint density at radius 2 is 2.12 bits per heavy atom. The number of hydrogen-bond donors (Lipinski definition) is 1. The van der Waals surface area contributed by atoms with Crippen LogP contribution < -0.4 is 5.32 Å². The van der Waals surface area contributed by atoms with Crippen LogP contribution in [0.2, 0.25) is 0 Å². The molecule has 0 bridgehead atoms. The number of amides is 1. The molecule has 1 aliphatic carbocycles. The molecule has 0 aromatic carbocycles. The summed E-state index contributed by atoms with van der Waals surface area (Å²) in [5, 5.41) is 3.19. The van der Waals surface area contributed by atoms with Crippen molar-refractivity contribution >= 4 is 5.91 Å². The lowest BCUT2D eigenvalue weighted by Crippen LogP contribution is -2.41. The quantitative estimate of drug-likeness (QED) is 0.808. The highest BCUT2D eigenvalue weighted by Crippen LogP contribution is 2.46. The Morgan fingerprint density at radius 1 is 1.29 bits per heavy atom. The van der Waals surface area contributed by atoms with Crippen molar-refractivity contribution in [1.82, 2.24) is 24.7 Å². The molecule has 134 valence electrons. The Labute approximate surface area is 145 Å². The maximum Gasteiger partial charge on any atom is 0.234 e. The second kappa shape index (κ2) is 7.66. The lowest BCUT2D eigenvalue weighted by atomic mass is 10.1. The summed E-state index contributed by atoms with van der Waals surface area (Å²) in [7, 11) is 2.15. The number of carbonyl (C=O) groups excluding carboxylic acids is 1. The minimum Gasteiger partial charge on any atom is -0.354 e. The lowest BCUT2D eigenvalue weighted by Gasteiger charge is -2.22. The number of nitrogens with one attached hydrogen (secondary N) is 1. The number of imidazole rings is 1. The number of carbonyl (C=O) groups is 1. The van der Waals surface area contributed by atoms with Crippen LogP contribution in [-0.2, 0) is 17.8 Å². The van der Waals surface area contributed by atoms with Crippen LogP contribution in [0.4, 0.5) is 0 Å². The number of nitrogens with zero attached hydrogens (tertiary/aromatic N) is 4. The van der Waals surface area contributed by atoms with E-state index in [4.69, 9.17) is 0 Å². The molecule has 0 spiro atoms. The summed E-state index contributed by atoms with van der Waals surface area (Å²) in [6.45, 7) is 8.64. The second-order valence-electron chi connectivity index (χ2n) is 7.53. The average molecular weight is 333 g/mol. The van der Waals surface area contributed by atoms with Crippen LogP contribution in [0.3, 0.4) is 0 Å². The predicted molar refractivity (Wildman–Crippen MR) is 94.8 cm³/mol. The second-order valence-corrected chi connectivity index (χ2v) is 7.53. The highest BCUT2D eigenvalue weighted by Gasteiger charge is 2.43. The molecule has 1 aromatic rings. The standard InChI is InChI=1S/C18H31N5O/c1-3-16-19-7-10-23(16)15-18(5-6-18)14-20-17(24)13-22-9-4-8-21(2)11-12-22/h7,10H,3-6,8-9,11-15H2,1-2H3,(H,20,24). The fraction of sp³-hybridized carbons (Fsp3) is 0.778. The topological polar surface area (TPSA) is 53.4 Å². The predicted octanol–water partition coefficient (Wildman–Crippen LogP) is 0.979. The average Bonchev–Trinajstić information content (AvgIpc) is 3.24. The van der Waals surface area contributed by atoms with Crippen LogP contribution in [0.25, 0.3) is 0 Å². The van der Waals surface area contributed by atoms with Gasteiger partial charge in [-0.2, -0.15) is 0 Å². The monoisotopic (exact) mass is 333 g/mol. The van der Waals surface area contributed by atoms with Gasteiger partial charge in [-0.15, -0.1) is 0 Å². The van der Waals surface area contributed by atoms with Gasteiger partial charge in [-0.1, -0.05) is 6.92 Å². The van der Waals surface area contributed by atoms with Crippen molar-refractivity contribution in [3.05, 3.63) is 18.2 Å². The van der Waals surface area contributed by atoms with Crippen molar-refractivity contribution in [3.63, 3.8) is 0 Å². The third-order valence-corrected chi connectivity index (χ3v) is 5.42. The van der Waals surface area contributed by atoms with Gasteiger partial charge in [0.1, 0.15) is 5.82 Å². The van der Waals surface area contributed by atoms with Crippen LogP contribution in [0.1, 0.15) is 32.0 Å². The number of aromatic nitrogens is 2. The molecule has 0 unspecified atom stereocenters. The molecule has 2 aliphatic rings. The number of aryl methyl sites for hydroxylation is 1.